The zero-order valence-corrected chi connectivity index (χ0v) is 10.1. The Labute approximate surface area is 92.1 Å². The molecule has 0 saturated carbocycles. The highest BCUT2D eigenvalue weighted by atomic mass is 16.3. The van der Waals surface area contributed by atoms with E-state index >= 15 is 0 Å². The molecule has 82 valence electrons. The second kappa shape index (κ2) is 3.08. The average molecular weight is 204 g/mol. The maximum atomic E-state index is 10.1. The van der Waals surface area contributed by atoms with Gasteiger partial charge in [-0.3, -0.25) is 0 Å². The van der Waals surface area contributed by atoms with Crippen LogP contribution in [0.3, 0.4) is 0 Å². The highest BCUT2D eigenvalue weighted by Gasteiger charge is 2.33. The van der Waals surface area contributed by atoms with Crippen LogP contribution < -0.4 is 0 Å². The molecular formula is C14H20O. The highest BCUT2D eigenvalue weighted by molar-refractivity contribution is 5.45. The largest absolute Gasteiger partial charge is 0.386 e. The standard InChI is InChI=1S/C14H20O/c1-13(2)9-8-10-11(13)6-5-7-12(10)14(3,4)15/h5-7,15H,8-9H2,1-4H3. The van der Waals surface area contributed by atoms with Crippen molar-refractivity contribution in [3.63, 3.8) is 0 Å². The average Bonchev–Trinajstić information content (AvgIpc) is 2.41. The van der Waals surface area contributed by atoms with Crippen LogP contribution >= 0.6 is 0 Å². The van der Waals surface area contributed by atoms with Crippen LogP contribution in [-0.4, -0.2) is 5.11 Å². The quantitative estimate of drug-likeness (QED) is 0.745. The Morgan fingerprint density at radius 3 is 2.53 bits per heavy atom. The summed E-state index contributed by atoms with van der Waals surface area (Å²) >= 11 is 0. The van der Waals surface area contributed by atoms with Crippen LogP contribution in [0, 0.1) is 0 Å². The predicted octanol–water partition coefficient (Wildman–Crippen LogP) is 3.14. The topological polar surface area (TPSA) is 20.2 Å². The molecule has 0 aromatic heterocycles. The smallest absolute Gasteiger partial charge is 0.0843 e. The Morgan fingerprint density at radius 2 is 1.93 bits per heavy atom. The molecule has 1 aliphatic carbocycles. The van der Waals surface area contributed by atoms with Crippen molar-refractivity contribution < 1.29 is 5.11 Å². The van der Waals surface area contributed by atoms with Gasteiger partial charge in [0.1, 0.15) is 0 Å². The SMILES string of the molecule is CC(C)(O)c1cccc2c1CCC2(C)C. The first-order valence-electron chi connectivity index (χ1n) is 5.67. The number of aliphatic hydroxyl groups is 1. The summed E-state index contributed by atoms with van der Waals surface area (Å²) in [5.74, 6) is 0. The fraction of sp³-hybridized carbons (Fsp3) is 0.571. The van der Waals surface area contributed by atoms with E-state index in [1.807, 2.05) is 13.8 Å². The van der Waals surface area contributed by atoms with Gasteiger partial charge in [-0.2, -0.15) is 0 Å². The van der Waals surface area contributed by atoms with E-state index in [4.69, 9.17) is 0 Å². The molecule has 0 bridgehead atoms. The Bertz CT molecular complexity index is 383. The molecule has 0 heterocycles. The second-order valence-corrected chi connectivity index (χ2v) is 5.77. The zero-order valence-electron chi connectivity index (χ0n) is 10.1. The minimum atomic E-state index is -0.717. The number of fused-ring (bicyclic) bond motifs is 1. The molecule has 0 aliphatic heterocycles. The van der Waals surface area contributed by atoms with Crippen molar-refractivity contribution in [3.05, 3.63) is 34.9 Å². The first-order valence-corrected chi connectivity index (χ1v) is 5.67. The van der Waals surface area contributed by atoms with Gasteiger partial charge < -0.3 is 5.11 Å². The molecule has 1 aromatic carbocycles. The van der Waals surface area contributed by atoms with Crippen molar-refractivity contribution in [1.82, 2.24) is 0 Å². The lowest BCUT2D eigenvalue weighted by Crippen LogP contribution is -2.19. The summed E-state index contributed by atoms with van der Waals surface area (Å²) in [5, 5.41) is 10.1. The Morgan fingerprint density at radius 1 is 1.27 bits per heavy atom. The third kappa shape index (κ3) is 1.69. The van der Waals surface area contributed by atoms with E-state index in [0.717, 1.165) is 12.0 Å². The molecule has 1 N–H and O–H groups in total. The summed E-state index contributed by atoms with van der Waals surface area (Å²) in [7, 11) is 0. The normalized spacial score (nSPS) is 19.0. The van der Waals surface area contributed by atoms with Crippen LogP contribution in [-0.2, 0) is 17.4 Å². The van der Waals surface area contributed by atoms with E-state index in [0.29, 0.717) is 0 Å². The van der Waals surface area contributed by atoms with Gasteiger partial charge in [0.05, 0.1) is 5.60 Å². The summed E-state index contributed by atoms with van der Waals surface area (Å²) in [4.78, 5) is 0. The minimum Gasteiger partial charge on any atom is -0.386 e. The van der Waals surface area contributed by atoms with Gasteiger partial charge in [0.15, 0.2) is 0 Å². The summed E-state index contributed by atoms with van der Waals surface area (Å²) in [6.07, 6.45) is 2.29. The van der Waals surface area contributed by atoms with Crippen molar-refractivity contribution in [1.29, 1.82) is 0 Å². The van der Waals surface area contributed by atoms with E-state index in [-0.39, 0.29) is 5.41 Å². The second-order valence-electron chi connectivity index (χ2n) is 5.77. The van der Waals surface area contributed by atoms with E-state index < -0.39 is 5.60 Å². The highest BCUT2D eigenvalue weighted by Crippen LogP contribution is 2.41. The summed E-state index contributed by atoms with van der Waals surface area (Å²) in [6.45, 7) is 8.31. The molecule has 0 spiro atoms. The van der Waals surface area contributed by atoms with Gasteiger partial charge in [-0.1, -0.05) is 32.0 Å². The first-order chi connectivity index (χ1) is 6.82. The molecule has 1 nitrogen and oxygen atoms in total. The van der Waals surface area contributed by atoms with Crippen LogP contribution in [0.5, 0.6) is 0 Å². The molecule has 0 amide bonds. The van der Waals surface area contributed by atoms with Gasteiger partial charge in [0, 0.05) is 0 Å². The van der Waals surface area contributed by atoms with Crippen LogP contribution in [0.2, 0.25) is 0 Å². The molecule has 15 heavy (non-hydrogen) atoms. The van der Waals surface area contributed by atoms with Crippen molar-refractivity contribution in [2.75, 3.05) is 0 Å². The molecule has 2 rings (SSSR count). The monoisotopic (exact) mass is 204 g/mol. The van der Waals surface area contributed by atoms with Crippen LogP contribution in [0.25, 0.3) is 0 Å². The summed E-state index contributed by atoms with van der Waals surface area (Å²) in [6, 6.07) is 6.33. The number of rotatable bonds is 1. The molecule has 0 fully saturated rings. The van der Waals surface area contributed by atoms with Gasteiger partial charge in [0.2, 0.25) is 0 Å². The van der Waals surface area contributed by atoms with Gasteiger partial charge in [-0.25, -0.2) is 0 Å². The third-order valence-corrected chi connectivity index (χ3v) is 3.56. The van der Waals surface area contributed by atoms with E-state index in [2.05, 4.69) is 32.0 Å². The summed E-state index contributed by atoms with van der Waals surface area (Å²) < 4.78 is 0. The van der Waals surface area contributed by atoms with Gasteiger partial charge in [-0.05, 0) is 48.8 Å². The van der Waals surface area contributed by atoms with Crippen LogP contribution in [0.1, 0.15) is 50.8 Å². The number of hydrogen-bond acceptors (Lipinski definition) is 1. The lowest BCUT2D eigenvalue weighted by atomic mass is 9.84. The maximum Gasteiger partial charge on any atom is 0.0843 e. The van der Waals surface area contributed by atoms with Crippen LogP contribution in [0.4, 0.5) is 0 Å². The molecule has 0 radical (unpaired) electrons. The van der Waals surface area contributed by atoms with E-state index in [1.54, 1.807) is 0 Å². The third-order valence-electron chi connectivity index (χ3n) is 3.56. The fourth-order valence-corrected chi connectivity index (χ4v) is 2.64. The molecule has 0 unspecified atom stereocenters. The van der Waals surface area contributed by atoms with Gasteiger partial charge >= 0.3 is 0 Å². The van der Waals surface area contributed by atoms with E-state index in [1.165, 1.54) is 17.5 Å². The van der Waals surface area contributed by atoms with E-state index in [9.17, 15) is 5.11 Å². The molecule has 1 heteroatoms. The Balaban J connectivity index is 2.60. The maximum absolute atomic E-state index is 10.1. The molecule has 0 saturated heterocycles. The molecule has 1 aliphatic rings. The van der Waals surface area contributed by atoms with Gasteiger partial charge in [-0.15, -0.1) is 0 Å². The number of hydrogen-bond donors (Lipinski definition) is 1. The Kier molecular flexibility index (Phi) is 2.20. The molecule has 0 atom stereocenters. The lowest BCUT2D eigenvalue weighted by molar-refractivity contribution is 0.0777. The lowest BCUT2D eigenvalue weighted by Gasteiger charge is -2.24. The predicted molar refractivity (Wildman–Crippen MR) is 63.0 cm³/mol. The minimum absolute atomic E-state index is 0.274. The Hall–Kier alpha value is -0.820. The zero-order chi connectivity index (χ0) is 11.3. The van der Waals surface area contributed by atoms with Crippen molar-refractivity contribution in [3.8, 4) is 0 Å². The van der Waals surface area contributed by atoms with Crippen molar-refractivity contribution in [2.24, 2.45) is 0 Å². The molecular weight excluding hydrogens is 184 g/mol. The molecule has 1 aromatic rings. The summed E-state index contributed by atoms with van der Waals surface area (Å²) in [5.41, 5.74) is 3.45. The van der Waals surface area contributed by atoms with Gasteiger partial charge in [0.25, 0.3) is 0 Å². The van der Waals surface area contributed by atoms with Crippen LogP contribution in [0.15, 0.2) is 18.2 Å². The van der Waals surface area contributed by atoms with Crippen molar-refractivity contribution in [2.45, 2.75) is 51.6 Å². The first kappa shape index (κ1) is 10.7. The van der Waals surface area contributed by atoms with Crippen molar-refractivity contribution >= 4 is 0 Å². The fourth-order valence-electron chi connectivity index (χ4n) is 2.64. The number of benzene rings is 1.